The first kappa shape index (κ1) is 22.4. The van der Waals surface area contributed by atoms with Crippen LogP contribution in [0.4, 0.5) is 4.79 Å². The minimum absolute atomic E-state index is 0.0826. The van der Waals surface area contributed by atoms with E-state index in [1.807, 2.05) is 30.3 Å². The molecule has 2 rings (SSSR count). The zero-order valence-electron chi connectivity index (χ0n) is 17.0. The standard InChI is InChI=1S/C20H30O7Si/c1-5-28(6-2,7-3)27-17-16(26-18(21)20(17,4)23)14-25-19(22)24-13-15-11-9-8-10-12-15/h8-12,16-17,23H,5-7,13-14H2,1-4H3/t16-,17-,20+/m1/s1. The Balaban J connectivity index is 1.98. The van der Waals surface area contributed by atoms with Gasteiger partial charge in [0.15, 0.2) is 20.0 Å². The van der Waals surface area contributed by atoms with Crippen LogP contribution in [0.2, 0.25) is 18.1 Å². The van der Waals surface area contributed by atoms with Gasteiger partial charge in [-0.05, 0) is 30.6 Å². The smallest absolute Gasteiger partial charge is 0.454 e. The van der Waals surface area contributed by atoms with Crippen LogP contribution in [0, 0.1) is 0 Å². The van der Waals surface area contributed by atoms with E-state index in [2.05, 4.69) is 20.8 Å². The number of ether oxygens (including phenoxy) is 3. The minimum Gasteiger partial charge on any atom is -0.454 e. The zero-order chi connectivity index (χ0) is 20.8. The predicted octanol–water partition coefficient (Wildman–Crippen LogP) is 3.41. The molecular formula is C20H30O7Si. The Bertz CT molecular complexity index is 650. The van der Waals surface area contributed by atoms with Gasteiger partial charge in [0.2, 0.25) is 0 Å². The Hall–Kier alpha value is -1.90. The maximum absolute atomic E-state index is 12.1. The minimum atomic E-state index is -2.12. The van der Waals surface area contributed by atoms with E-state index in [9.17, 15) is 14.7 Å². The highest BCUT2D eigenvalue weighted by Gasteiger charge is 2.56. The predicted molar refractivity (Wildman–Crippen MR) is 105 cm³/mol. The quantitative estimate of drug-likeness (QED) is 0.493. The van der Waals surface area contributed by atoms with E-state index in [1.54, 1.807) is 0 Å². The summed E-state index contributed by atoms with van der Waals surface area (Å²) in [6.45, 7) is 7.39. The lowest BCUT2D eigenvalue weighted by molar-refractivity contribution is -0.155. The normalized spacial score (nSPS) is 24.7. The van der Waals surface area contributed by atoms with E-state index < -0.39 is 38.3 Å². The Kier molecular flexibility index (Phi) is 7.62. The number of esters is 1. The van der Waals surface area contributed by atoms with E-state index in [4.69, 9.17) is 18.6 Å². The van der Waals surface area contributed by atoms with E-state index in [0.29, 0.717) is 0 Å². The number of hydrogen-bond donors (Lipinski definition) is 1. The van der Waals surface area contributed by atoms with Crippen molar-refractivity contribution in [1.82, 2.24) is 0 Å². The van der Waals surface area contributed by atoms with Crippen molar-refractivity contribution in [2.75, 3.05) is 6.61 Å². The van der Waals surface area contributed by atoms with Gasteiger partial charge in [-0.1, -0.05) is 51.1 Å². The number of benzene rings is 1. The lowest BCUT2D eigenvalue weighted by Crippen LogP contribution is -2.53. The van der Waals surface area contributed by atoms with Gasteiger partial charge >= 0.3 is 12.1 Å². The second-order valence-electron chi connectivity index (χ2n) is 7.21. The molecular weight excluding hydrogens is 380 g/mol. The fourth-order valence-corrected chi connectivity index (χ4v) is 6.21. The number of carbonyl (C=O) groups is 2. The topological polar surface area (TPSA) is 91.3 Å². The fraction of sp³-hybridized carbons (Fsp3) is 0.600. The van der Waals surface area contributed by atoms with Crippen LogP contribution in [0.25, 0.3) is 0 Å². The summed E-state index contributed by atoms with van der Waals surface area (Å²) in [6, 6.07) is 11.8. The molecule has 156 valence electrons. The summed E-state index contributed by atoms with van der Waals surface area (Å²) in [7, 11) is -2.12. The molecule has 1 N–H and O–H groups in total. The highest BCUT2D eigenvalue weighted by atomic mass is 28.4. The molecule has 28 heavy (non-hydrogen) atoms. The molecule has 1 aliphatic heterocycles. The molecule has 0 radical (unpaired) electrons. The molecule has 1 fully saturated rings. The summed E-state index contributed by atoms with van der Waals surface area (Å²) in [5, 5.41) is 10.6. The van der Waals surface area contributed by atoms with Gasteiger partial charge in [-0.3, -0.25) is 0 Å². The van der Waals surface area contributed by atoms with Gasteiger partial charge < -0.3 is 23.7 Å². The van der Waals surface area contributed by atoms with E-state index >= 15 is 0 Å². The zero-order valence-corrected chi connectivity index (χ0v) is 18.0. The molecule has 1 saturated heterocycles. The highest BCUT2D eigenvalue weighted by molar-refractivity contribution is 6.73. The summed E-state index contributed by atoms with van der Waals surface area (Å²) in [5.74, 6) is -0.769. The third-order valence-electron chi connectivity index (χ3n) is 5.44. The van der Waals surface area contributed by atoms with Crippen LogP contribution in [0.3, 0.4) is 0 Å². The van der Waals surface area contributed by atoms with Crippen LogP contribution in [-0.4, -0.2) is 50.0 Å². The Labute approximate surface area is 167 Å². The van der Waals surface area contributed by atoms with Crippen molar-refractivity contribution >= 4 is 20.4 Å². The van der Waals surface area contributed by atoms with Crippen LogP contribution in [0.5, 0.6) is 0 Å². The average Bonchev–Trinajstić information content (AvgIpc) is 2.92. The molecule has 1 aliphatic rings. The number of carbonyl (C=O) groups excluding carboxylic acids is 2. The molecule has 0 saturated carbocycles. The van der Waals surface area contributed by atoms with Crippen LogP contribution >= 0.6 is 0 Å². The molecule has 3 atom stereocenters. The Morgan fingerprint density at radius 3 is 2.32 bits per heavy atom. The fourth-order valence-electron chi connectivity index (χ4n) is 3.29. The summed E-state index contributed by atoms with van der Waals surface area (Å²) >= 11 is 0. The van der Waals surface area contributed by atoms with E-state index in [1.165, 1.54) is 6.92 Å². The van der Waals surface area contributed by atoms with Crippen LogP contribution in [0.1, 0.15) is 33.3 Å². The molecule has 8 heteroatoms. The molecule has 1 aromatic rings. The van der Waals surface area contributed by atoms with Gasteiger partial charge in [0, 0.05) is 0 Å². The lowest BCUT2D eigenvalue weighted by Gasteiger charge is -2.36. The van der Waals surface area contributed by atoms with Gasteiger partial charge in [-0.25, -0.2) is 9.59 Å². The van der Waals surface area contributed by atoms with Crippen molar-refractivity contribution < 1.29 is 33.3 Å². The third-order valence-corrected chi connectivity index (χ3v) is 10.1. The molecule has 0 aromatic heterocycles. The van der Waals surface area contributed by atoms with Crippen molar-refractivity contribution in [2.24, 2.45) is 0 Å². The monoisotopic (exact) mass is 410 g/mol. The molecule has 0 aliphatic carbocycles. The van der Waals surface area contributed by atoms with E-state index in [0.717, 1.165) is 23.7 Å². The average molecular weight is 411 g/mol. The number of hydrogen-bond acceptors (Lipinski definition) is 7. The first-order chi connectivity index (χ1) is 13.3. The number of aliphatic hydroxyl groups is 1. The molecule has 0 amide bonds. The van der Waals surface area contributed by atoms with Gasteiger partial charge in [-0.15, -0.1) is 0 Å². The van der Waals surface area contributed by atoms with Gasteiger partial charge in [-0.2, -0.15) is 0 Å². The van der Waals surface area contributed by atoms with Crippen molar-refractivity contribution in [2.45, 2.75) is 70.2 Å². The molecule has 0 unspecified atom stereocenters. The Morgan fingerprint density at radius 2 is 1.75 bits per heavy atom. The summed E-state index contributed by atoms with van der Waals surface area (Å²) in [6.07, 6.45) is -2.62. The SMILES string of the molecule is CC[Si](CC)(CC)O[C@@H]1[C@@H](COC(=O)OCc2ccccc2)OC(=O)[C@@]1(C)O. The first-order valence-corrected chi connectivity index (χ1v) is 12.3. The van der Waals surface area contributed by atoms with Gasteiger partial charge in [0.05, 0.1) is 0 Å². The molecule has 1 aromatic carbocycles. The number of cyclic esters (lactones) is 1. The van der Waals surface area contributed by atoms with Gasteiger partial charge in [0.25, 0.3) is 0 Å². The Morgan fingerprint density at radius 1 is 1.14 bits per heavy atom. The second-order valence-corrected chi connectivity index (χ2v) is 11.9. The van der Waals surface area contributed by atoms with Crippen LogP contribution in [-0.2, 0) is 30.0 Å². The maximum atomic E-state index is 12.1. The van der Waals surface area contributed by atoms with Crippen LogP contribution < -0.4 is 0 Å². The largest absolute Gasteiger partial charge is 0.508 e. The summed E-state index contributed by atoms with van der Waals surface area (Å²) in [5.41, 5.74) is -0.944. The van der Waals surface area contributed by atoms with E-state index in [-0.39, 0.29) is 13.2 Å². The van der Waals surface area contributed by atoms with Crippen molar-refractivity contribution in [1.29, 1.82) is 0 Å². The molecule has 7 nitrogen and oxygen atoms in total. The molecule has 0 spiro atoms. The highest BCUT2D eigenvalue weighted by Crippen LogP contribution is 2.34. The second kappa shape index (κ2) is 9.53. The summed E-state index contributed by atoms with van der Waals surface area (Å²) < 4.78 is 21.8. The van der Waals surface area contributed by atoms with Crippen molar-refractivity contribution in [3.8, 4) is 0 Å². The summed E-state index contributed by atoms with van der Waals surface area (Å²) in [4.78, 5) is 24.0. The van der Waals surface area contributed by atoms with Crippen molar-refractivity contribution in [3.63, 3.8) is 0 Å². The third kappa shape index (κ3) is 5.12. The first-order valence-electron chi connectivity index (χ1n) is 9.72. The van der Waals surface area contributed by atoms with Crippen molar-refractivity contribution in [3.05, 3.63) is 35.9 Å². The molecule has 1 heterocycles. The number of rotatable bonds is 9. The maximum Gasteiger partial charge on any atom is 0.508 e. The van der Waals surface area contributed by atoms with Crippen LogP contribution in [0.15, 0.2) is 30.3 Å². The van der Waals surface area contributed by atoms with Gasteiger partial charge in [0.1, 0.15) is 19.3 Å². The molecule has 0 bridgehead atoms. The lowest BCUT2D eigenvalue weighted by atomic mass is 9.99.